The molecule has 1 heterocycles. The van der Waals surface area contributed by atoms with Crippen LogP contribution in [0.5, 0.6) is 0 Å². The topological polar surface area (TPSA) is 58.6 Å². The Kier molecular flexibility index (Phi) is 3.99. The number of benzene rings is 1. The number of carboxylic acid groups (broad SMARTS) is 1. The second-order valence-electron chi connectivity index (χ2n) is 4.81. The van der Waals surface area contributed by atoms with E-state index >= 15 is 0 Å². The summed E-state index contributed by atoms with van der Waals surface area (Å²) in [7, 11) is 0. The lowest BCUT2D eigenvalue weighted by Crippen LogP contribution is -2.49. The van der Waals surface area contributed by atoms with E-state index in [4.69, 9.17) is 4.74 Å². The highest BCUT2D eigenvalue weighted by molar-refractivity contribution is 5.80. The van der Waals surface area contributed by atoms with Crippen molar-refractivity contribution in [1.82, 2.24) is 5.32 Å². The summed E-state index contributed by atoms with van der Waals surface area (Å²) >= 11 is 0. The van der Waals surface area contributed by atoms with Gasteiger partial charge in [-0.2, -0.15) is 0 Å². The van der Waals surface area contributed by atoms with Gasteiger partial charge in [0.2, 0.25) is 0 Å². The number of ether oxygens (including phenoxy) is 1. The van der Waals surface area contributed by atoms with E-state index < -0.39 is 11.5 Å². The third-order valence-corrected chi connectivity index (χ3v) is 3.49. The van der Waals surface area contributed by atoms with E-state index in [1.54, 1.807) is 6.92 Å². The number of hydrogen-bond acceptors (Lipinski definition) is 3. The summed E-state index contributed by atoms with van der Waals surface area (Å²) in [5.41, 5.74) is -0.303. The fourth-order valence-electron chi connectivity index (χ4n) is 2.20. The van der Waals surface area contributed by atoms with Crippen LogP contribution in [0.3, 0.4) is 0 Å². The minimum atomic E-state index is -1.06. The van der Waals surface area contributed by atoms with Crippen LogP contribution in [0.1, 0.15) is 25.3 Å². The van der Waals surface area contributed by atoms with Gasteiger partial charge in [0.25, 0.3) is 0 Å². The Labute approximate surface area is 107 Å². The van der Waals surface area contributed by atoms with Crippen LogP contribution in [0.15, 0.2) is 30.3 Å². The van der Waals surface area contributed by atoms with Crippen LogP contribution in [0.4, 0.5) is 0 Å². The van der Waals surface area contributed by atoms with Gasteiger partial charge in [0.05, 0.1) is 6.10 Å². The highest BCUT2D eigenvalue weighted by Gasteiger charge is 2.35. The Morgan fingerprint density at radius 2 is 2.22 bits per heavy atom. The average molecular weight is 249 g/mol. The van der Waals surface area contributed by atoms with Gasteiger partial charge in [-0.1, -0.05) is 30.3 Å². The molecule has 0 bridgehead atoms. The minimum absolute atomic E-state index is 0.132. The van der Waals surface area contributed by atoms with Gasteiger partial charge in [-0.05, 0) is 25.3 Å². The number of hydrogen-bond donors (Lipinski definition) is 2. The second-order valence-corrected chi connectivity index (χ2v) is 4.81. The largest absolute Gasteiger partial charge is 0.480 e. The maximum atomic E-state index is 11.5. The standard InChI is InChI=1S/C14H19NO3/c1-14(13(16)17,11-6-3-2-4-7-11)15-10-12-8-5-9-18-12/h2-4,6-7,12,15H,5,8-10H2,1H3,(H,16,17). The van der Waals surface area contributed by atoms with Crippen LogP contribution >= 0.6 is 0 Å². The summed E-state index contributed by atoms with van der Waals surface area (Å²) in [6.07, 6.45) is 2.19. The molecule has 2 N–H and O–H groups in total. The first-order valence-electron chi connectivity index (χ1n) is 6.28. The van der Waals surface area contributed by atoms with Crippen molar-refractivity contribution in [3.8, 4) is 0 Å². The molecule has 0 spiro atoms. The van der Waals surface area contributed by atoms with Crippen molar-refractivity contribution >= 4 is 5.97 Å². The van der Waals surface area contributed by atoms with Crippen LogP contribution in [0.2, 0.25) is 0 Å². The molecule has 1 aromatic carbocycles. The molecule has 4 nitrogen and oxygen atoms in total. The highest BCUT2D eigenvalue weighted by atomic mass is 16.5. The molecule has 4 heteroatoms. The Morgan fingerprint density at radius 1 is 1.50 bits per heavy atom. The van der Waals surface area contributed by atoms with E-state index in [1.807, 2.05) is 30.3 Å². The molecule has 1 fully saturated rings. The monoisotopic (exact) mass is 249 g/mol. The van der Waals surface area contributed by atoms with Crippen LogP contribution in [-0.4, -0.2) is 30.3 Å². The quantitative estimate of drug-likeness (QED) is 0.834. The summed E-state index contributed by atoms with van der Waals surface area (Å²) in [6, 6.07) is 9.24. The molecule has 1 aliphatic rings. The molecular weight excluding hydrogens is 230 g/mol. The normalized spacial score (nSPS) is 22.6. The third-order valence-electron chi connectivity index (χ3n) is 3.49. The van der Waals surface area contributed by atoms with Crippen molar-refractivity contribution in [2.45, 2.75) is 31.4 Å². The predicted molar refractivity (Wildman–Crippen MR) is 68.4 cm³/mol. The number of rotatable bonds is 5. The van der Waals surface area contributed by atoms with Crippen molar-refractivity contribution in [2.75, 3.05) is 13.2 Å². The molecule has 0 radical (unpaired) electrons. The first-order valence-corrected chi connectivity index (χ1v) is 6.28. The fourth-order valence-corrected chi connectivity index (χ4v) is 2.20. The number of aliphatic carboxylic acids is 1. The summed E-state index contributed by atoms with van der Waals surface area (Å²) in [5.74, 6) is -0.869. The molecule has 18 heavy (non-hydrogen) atoms. The van der Waals surface area contributed by atoms with Crippen molar-refractivity contribution < 1.29 is 14.6 Å². The lowest BCUT2D eigenvalue weighted by Gasteiger charge is -2.28. The van der Waals surface area contributed by atoms with Gasteiger partial charge in [-0.15, -0.1) is 0 Å². The van der Waals surface area contributed by atoms with E-state index in [2.05, 4.69) is 5.32 Å². The summed E-state index contributed by atoms with van der Waals surface area (Å²) in [5, 5.41) is 12.6. The molecule has 1 aliphatic heterocycles. The SMILES string of the molecule is CC(NCC1CCCO1)(C(=O)O)c1ccccc1. The molecule has 0 aromatic heterocycles. The van der Waals surface area contributed by atoms with E-state index in [9.17, 15) is 9.90 Å². The zero-order valence-corrected chi connectivity index (χ0v) is 10.6. The zero-order chi connectivity index (χ0) is 13.0. The first-order chi connectivity index (χ1) is 8.63. The van der Waals surface area contributed by atoms with Gasteiger partial charge in [-0.25, -0.2) is 4.79 Å². The fraction of sp³-hybridized carbons (Fsp3) is 0.500. The molecule has 0 saturated carbocycles. The molecule has 98 valence electrons. The maximum Gasteiger partial charge on any atom is 0.328 e. The van der Waals surface area contributed by atoms with Gasteiger partial charge < -0.3 is 9.84 Å². The van der Waals surface area contributed by atoms with Gasteiger partial charge in [0, 0.05) is 13.2 Å². The third kappa shape index (κ3) is 2.71. The average Bonchev–Trinajstić information content (AvgIpc) is 2.90. The predicted octanol–water partition coefficient (Wildman–Crippen LogP) is 1.75. The van der Waals surface area contributed by atoms with Gasteiger partial charge in [-0.3, -0.25) is 5.32 Å². The van der Waals surface area contributed by atoms with Crippen molar-refractivity contribution in [1.29, 1.82) is 0 Å². The van der Waals surface area contributed by atoms with Crippen molar-refractivity contribution in [2.24, 2.45) is 0 Å². The zero-order valence-electron chi connectivity index (χ0n) is 10.6. The van der Waals surface area contributed by atoms with Gasteiger partial charge in [0.1, 0.15) is 5.54 Å². The molecule has 2 unspecified atom stereocenters. The van der Waals surface area contributed by atoms with E-state index in [0.717, 1.165) is 25.0 Å². The number of carbonyl (C=O) groups is 1. The van der Waals surface area contributed by atoms with Crippen LogP contribution < -0.4 is 5.32 Å². The smallest absolute Gasteiger partial charge is 0.328 e. The lowest BCUT2D eigenvalue weighted by molar-refractivity contribution is -0.144. The van der Waals surface area contributed by atoms with Crippen molar-refractivity contribution in [3.05, 3.63) is 35.9 Å². The molecule has 0 aliphatic carbocycles. The molecule has 1 aromatic rings. The van der Waals surface area contributed by atoms with E-state index in [0.29, 0.717) is 6.54 Å². The Balaban J connectivity index is 2.09. The van der Waals surface area contributed by atoms with Gasteiger partial charge >= 0.3 is 5.97 Å². The number of nitrogens with one attached hydrogen (secondary N) is 1. The molecule has 0 amide bonds. The minimum Gasteiger partial charge on any atom is -0.480 e. The first kappa shape index (κ1) is 13.1. The highest BCUT2D eigenvalue weighted by Crippen LogP contribution is 2.22. The van der Waals surface area contributed by atoms with Crippen molar-refractivity contribution in [3.63, 3.8) is 0 Å². The van der Waals surface area contributed by atoms with Crippen LogP contribution in [-0.2, 0) is 15.1 Å². The molecule has 2 atom stereocenters. The summed E-state index contributed by atoms with van der Waals surface area (Å²) in [4.78, 5) is 11.5. The van der Waals surface area contributed by atoms with E-state index in [1.165, 1.54) is 0 Å². The Bertz CT molecular complexity index is 401. The van der Waals surface area contributed by atoms with Crippen LogP contribution in [0, 0.1) is 0 Å². The van der Waals surface area contributed by atoms with Crippen LogP contribution in [0.25, 0.3) is 0 Å². The second kappa shape index (κ2) is 5.50. The summed E-state index contributed by atoms with van der Waals surface area (Å²) in [6.45, 7) is 3.04. The maximum absolute atomic E-state index is 11.5. The lowest BCUT2D eigenvalue weighted by atomic mass is 9.92. The molecule has 1 saturated heterocycles. The van der Waals surface area contributed by atoms with E-state index in [-0.39, 0.29) is 6.10 Å². The Morgan fingerprint density at radius 3 is 2.78 bits per heavy atom. The van der Waals surface area contributed by atoms with Gasteiger partial charge in [0.15, 0.2) is 0 Å². The summed E-state index contributed by atoms with van der Waals surface area (Å²) < 4.78 is 5.51. The number of carboxylic acids is 1. The molecular formula is C14H19NO3. The molecule has 2 rings (SSSR count). The Hall–Kier alpha value is -1.39.